The van der Waals surface area contributed by atoms with Crippen molar-refractivity contribution in [3.8, 4) is 0 Å². The Kier molecular flexibility index (Phi) is 8.27. The first-order chi connectivity index (χ1) is 11.7. The number of methoxy groups -OCH3 is 1. The van der Waals surface area contributed by atoms with Crippen molar-refractivity contribution in [2.75, 3.05) is 7.11 Å². The Bertz CT molecular complexity index is 758. The first-order valence-electron chi connectivity index (χ1n) is 7.63. The Morgan fingerprint density at radius 2 is 1.68 bits per heavy atom. The zero-order valence-corrected chi connectivity index (χ0v) is 15.1. The average Bonchev–Trinajstić information content (AvgIpc) is 2.55. The minimum atomic E-state index is -4.02. The van der Waals surface area contributed by atoms with Crippen molar-refractivity contribution in [2.45, 2.75) is 30.7 Å². The Morgan fingerprint density at radius 1 is 1.12 bits per heavy atom. The van der Waals surface area contributed by atoms with Crippen molar-refractivity contribution in [3.63, 3.8) is 0 Å². The summed E-state index contributed by atoms with van der Waals surface area (Å²) in [6, 6.07) is 15.7. The summed E-state index contributed by atoms with van der Waals surface area (Å²) in [5, 5.41) is 0. The molecule has 6 nitrogen and oxygen atoms in total. The van der Waals surface area contributed by atoms with Crippen LogP contribution in [0.2, 0.25) is 0 Å². The Balaban J connectivity index is 0.000000257. The first kappa shape index (κ1) is 20.8. The van der Waals surface area contributed by atoms with Crippen molar-refractivity contribution in [3.05, 3.63) is 65.7 Å². The summed E-state index contributed by atoms with van der Waals surface area (Å²) in [6.45, 7) is 1.84. The van der Waals surface area contributed by atoms with E-state index in [0.717, 1.165) is 11.1 Å². The number of hydrogen-bond donors (Lipinski definition) is 2. The van der Waals surface area contributed by atoms with Crippen LogP contribution >= 0.6 is 0 Å². The summed E-state index contributed by atoms with van der Waals surface area (Å²) in [7, 11) is -2.65. The maximum Gasteiger partial charge on any atom is 0.307 e. The summed E-state index contributed by atoms with van der Waals surface area (Å²) in [5.41, 5.74) is 7.88. The summed E-state index contributed by atoms with van der Waals surface area (Å²) < 4.78 is 34.1. The number of carbonyl (C=O) groups excluding carboxylic acids is 1. The molecule has 0 aliphatic rings. The molecule has 0 saturated heterocycles. The molecular formula is C18H23NO5S. The standard InChI is InChI=1S/C11H15NO2.C7H8O3S/c1-14-11(13)8-10(12)7-9-5-3-2-4-6-9;1-6-2-4-7(5-3-6)11(8,9)10/h2-6,10H,7-8,12H2,1H3;2-5H,1H3,(H,8,9,10)/t10-;/m1./s1. The molecule has 0 unspecified atom stereocenters. The lowest BCUT2D eigenvalue weighted by molar-refractivity contribution is -0.140. The smallest absolute Gasteiger partial charge is 0.307 e. The minimum absolute atomic E-state index is 0.0666. The molecule has 2 rings (SSSR count). The van der Waals surface area contributed by atoms with Crippen LogP contribution in [0.25, 0.3) is 0 Å². The number of ether oxygens (including phenoxy) is 1. The topological polar surface area (TPSA) is 107 Å². The molecule has 0 saturated carbocycles. The first-order valence-corrected chi connectivity index (χ1v) is 9.07. The van der Waals surface area contributed by atoms with E-state index in [4.69, 9.17) is 10.3 Å². The fraction of sp³-hybridized carbons (Fsp3) is 0.278. The van der Waals surface area contributed by atoms with Crippen LogP contribution in [-0.4, -0.2) is 32.1 Å². The molecule has 0 aliphatic carbocycles. The van der Waals surface area contributed by atoms with Gasteiger partial charge in [0.15, 0.2) is 0 Å². The largest absolute Gasteiger partial charge is 0.469 e. The quantitative estimate of drug-likeness (QED) is 0.622. The molecule has 25 heavy (non-hydrogen) atoms. The van der Waals surface area contributed by atoms with Gasteiger partial charge in [-0.2, -0.15) is 8.42 Å². The molecule has 0 aliphatic heterocycles. The Morgan fingerprint density at radius 3 is 2.16 bits per heavy atom. The van der Waals surface area contributed by atoms with E-state index in [1.165, 1.54) is 19.2 Å². The second-order valence-electron chi connectivity index (χ2n) is 5.52. The summed E-state index contributed by atoms with van der Waals surface area (Å²) >= 11 is 0. The molecule has 0 radical (unpaired) electrons. The van der Waals surface area contributed by atoms with Gasteiger partial charge in [0.05, 0.1) is 18.4 Å². The predicted molar refractivity (Wildman–Crippen MR) is 95.7 cm³/mol. The molecule has 0 bridgehead atoms. The predicted octanol–water partition coefficient (Wildman–Crippen LogP) is 2.36. The van der Waals surface area contributed by atoms with E-state index in [1.807, 2.05) is 37.3 Å². The molecular weight excluding hydrogens is 342 g/mol. The van der Waals surface area contributed by atoms with Gasteiger partial charge in [0.1, 0.15) is 0 Å². The van der Waals surface area contributed by atoms with Gasteiger partial charge >= 0.3 is 5.97 Å². The van der Waals surface area contributed by atoms with Crippen LogP contribution < -0.4 is 5.73 Å². The van der Waals surface area contributed by atoms with E-state index in [1.54, 1.807) is 12.1 Å². The van der Waals surface area contributed by atoms with Gasteiger partial charge in [-0.25, -0.2) is 0 Å². The SMILES string of the molecule is COC(=O)C[C@H](N)Cc1ccccc1.Cc1ccc(S(=O)(=O)O)cc1. The van der Waals surface area contributed by atoms with Gasteiger partial charge in [0.2, 0.25) is 0 Å². The fourth-order valence-corrected chi connectivity index (χ4v) is 2.48. The number of aryl methyl sites for hydroxylation is 1. The minimum Gasteiger partial charge on any atom is -0.469 e. The maximum absolute atomic E-state index is 10.9. The van der Waals surface area contributed by atoms with Crippen LogP contribution in [0.3, 0.4) is 0 Å². The highest BCUT2D eigenvalue weighted by Crippen LogP contribution is 2.08. The van der Waals surface area contributed by atoms with Crippen LogP contribution in [0.4, 0.5) is 0 Å². The second kappa shape index (κ2) is 9.93. The molecule has 0 heterocycles. The zero-order chi connectivity index (χ0) is 18.9. The van der Waals surface area contributed by atoms with Gasteiger partial charge in [0, 0.05) is 6.04 Å². The maximum atomic E-state index is 10.9. The average molecular weight is 365 g/mol. The molecule has 0 aromatic heterocycles. The number of hydrogen-bond acceptors (Lipinski definition) is 5. The highest BCUT2D eigenvalue weighted by Gasteiger charge is 2.09. The summed E-state index contributed by atoms with van der Waals surface area (Å²) in [6.07, 6.45) is 0.974. The number of benzene rings is 2. The van der Waals surface area contributed by atoms with Crippen molar-refractivity contribution in [1.82, 2.24) is 0 Å². The highest BCUT2D eigenvalue weighted by atomic mass is 32.2. The number of carbonyl (C=O) groups is 1. The molecule has 136 valence electrons. The van der Waals surface area contributed by atoms with Crippen LogP contribution in [0.1, 0.15) is 17.5 Å². The molecule has 0 amide bonds. The lowest BCUT2D eigenvalue weighted by Crippen LogP contribution is -2.26. The van der Waals surface area contributed by atoms with E-state index in [2.05, 4.69) is 4.74 Å². The van der Waals surface area contributed by atoms with E-state index in [0.29, 0.717) is 6.42 Å². The van der Waals surface area contributed by atoms with Gasteiger partial charge in [-0.3, -0.25) is 9.35 Å². The van der Waals surface area contributed by atoms with Crippen molar-refractivity contribution < 1.29 is 22.5 Å². The van der Waals surface area contributed by atoms with Crippen molar-refractivity contribution in [2.24, 2.45) is 5.73 Å². The van der Waals surface area contributed by atoms with E-state index >= 15 is 0 Å². The van der Waals surface area contributed by atoms with Crippen LogP contribution in [0.5, 0.6) is 0 Å². The third-order valence-electron chi connectivity index (χ3n) is 3.32. The molecule has 3 N–H and O–H groups in total. The van der Waals surface area contributed by atoms with Gasteiger partial charge in [0.25, 0.3) is 10.1 Å². The molecule has 1 atom stereocenters. The van der Waals surface area contributed by atoms with Crippen molar-refractivity contribution in [1.29, 1.82) is 0 Å². The number of nitrogens with two attached hydrogens (primary N) is 1. The van der Waals surface area contributed by atoms with Gasteiger partial charge in [-0.05, 0) is 31.0 Å². The van der Waals surface area contributed by atoms with Crippen molar-refractivity contribution >= 4 is 16.1 Å². The number of esters is 1. The van der Waals surface area contributed by atoms with Gasteiger partial charge in [-0.1, -0.05) is 48.0 Å². The lowest BCUT2D eigenvalue weighted by Gasteiger charge is -2.09. The molecule has 2 aromatic carbocycles. The van der Waals surface area contributed by atoms with Crippen LogP contribution in [0.15, 0.2) is 59.5 Å². The summed E-state index contributed by atoms with van der Waals surface area (Å²) in [5.74, 6) is -0.256. The molecule has 2 aromatic rings. The molecule has 7 heteroatoms. The highest BCUT2D eigenvalue weighted by molar-refractivity contribution is 7.85. The molecule has 0 spiro atoms. The normalized spacial score (nSPS) is 11.8. The fourth-order valence-electron chi connectivity index (χ4n) is 2.00. The second-order valence-corrected chi connectivity index (χ2v) is 6.94. The van der Waals surface area contributed by atoms with Crippen LogP contribution in [-0.2, 0) is 26.1 Å². The Hall–Kier alpha value is -2.22. The monoisotopic (exact) mass is 365 g/mol. The van der Waals surface area contributed by atoms with E-state index < -0.39 is 10.1 Å². The van der Waals surface area contributed by atoms with Gasteiger partial charge in [-0.15, -0.1) is 0 Å². The molecule has 0 fully saturated rings. The van der Waals surface area contributed by atoms with Crippen LogP contribution in [0, 0.1) is 6.92 Å². The zero-order valence-electron chi connectivity index (χ0n) is 14.3. The number of rotatable bonds is 5. The lowest BCUT2D eigenvalue weighted by atomic mass is 10.0. The summed E-state index contributed by atoms with van der Waals surface area (Å²) in [4.78, 5) is 10.8. The van der Waals surface area contributed by atoms with E-state index in [-0.39, 0.29) is 23.3 Å². The third kappa shape index (κ3) is 8.44. The van der Waals surface area contributed by atoms with E-state index in [9.17, 15) is 13.2 Å². The third-order valence-corrected chi connectivity index (χ3v) is 4.18. The van der Waals surface area contributed by atoms with Gasteiger partial charge < -0.3 is 10.5 Å². The Labute approximate surface area is 148 Å².